The second-order valence-electron chi connectivity index (χ2n) is 4.37. The monoisotopic (exact) mass is 237 g/mol. The number of aliphatic carboxylic acids is 1. The molecule has 1 saturated heterocycles. The molecule has 1 aromatic rings. The molecule has 1 aromatic carbocycles. The van der Waals surface area contributed by atoms with Crippen molar-refractivity contribution >= 4 is 11.7 Å². The van der Waals surface area contributed by atoms with E-state index in [0.717, 1.165) is 31.5 Å². The van der Waals surface area contributed by atoms with E-state index >= 15 is 0 Å². The maximum absolute atomic E-state index is 13.8. The summed E-state index contributed by atoms with van der Waals surface area (Å²) >= 11 is 0. The fourth-order valence-corrected chi connectivity index (χ4v) is 2.17. The summed E-state index contributed by atoms with van der Waals surface area (Å²) in [4.78, 5) is 12.5. The molecule has 0 aliphatic carbocycles. The van der Waals surface area contributed by atoms with E-state index in [9.17, 15) is 9.18 Å². The topological polar surface area (TPSA) is 40.5 Å². The SMILES string of the molecule is O=C(O)CCc1ccc(N2CCCC2)c(F)c1. The van der Waals surface area contributed by atoms with Crippen molar-refractivity contribution in [1.82, 2.24) is 0 Å². The van der Waals surface area contributed by atoms with Crippen LogP contribution in [0.3, 0.4) is 0 Å². The maximum atomic E-state index is 13.8. The summed E-state index contributed by atoms with van der Waals surface area (Å²) in [7, 11) is 0. The highest BCUT2D eigenvalue weighted by atomic mass is 19.1. The molecule has 1 aliphatic rings. The zero-order valence-electron chi connectivity index (χ0n) is 9.66. The van der Waals surface area contributed by atoms with Gasteiger partial charge in [-0.15, -0.1) is 0 Å². The van der Waals surface area contributed by atoms with Crippen LogP contribution in [0, 0.1) is 5.82 Å². The Morgan fingerprint density at radius 3 is 2.65 bits per heavy atom. The molecule has 92 valence electrons. The highest BCUT2D eigenvalue weighted by Crippen LogP contribution is 2.24. The Hall–Kier alpha value is -1.58. The van der Waals surface area contributed by atoms with Gasteiger partial charge in [-0.3, -0.25) is 4.79 Å². The Morgan fingerprint density at radius 1 is 1.35 bits per heavy atom. The van der Waals surface area contributed by atoms with E-state index in [-0.39, 0.29) is 12.2 Å². The predicted octanol–water partition coefficient (Wildman–Crippen LogP) is 2.44. The molecule has 17 heavy (non-hydrogen) atoms. The summed E-state index contributed by atoms with van der Waals surface area (Å²) in [5.41, 5.74) is 1.38. The summed E-state index contributed by atoms with van der Waals surface area (Å²) in [6, 6.07) is 5.04. The molecule has 4 heteroatoms. The molecule has 0 bridgehead atoms. The first-order chi connectivity index (χ1) is 8.16. The van der Waals surface area contributed by atoms with Gasteiger partial charge in [-0.05, 0) is 37.0 Å². The Bertz CT molecular complexity index is 414. The standard InChI is InChI=1S/C13H16FNO2/c14-11-9-10(4-6-13(16)17)3-5-12(11)15-7-1-2-8-15/h3,5,9H,1-2,4,6-8H2,(H,16,17). The number of carboxylic acids is 1. The average molecular weight is 237 g/mol. The molecule has 2 rings (SSSR count). The second kappa shape index (κ2) is 5.17. The molecule has 0 atom stereocenters. The predicted molar refractivity (Wildman–Crippen MR) is 63.8 cm³/mol. The Labute approximate surface area is 99.9 Å². The minimum absolute atomic E-state index is 0.0441. The van der Waals surface area contributed by atoms with Crippen LogP contribution in [-0.4, -0.2) is 24.2 Å². The number of rotatable bonds is 4. The van der Waals surface area contributed by atoms with Gasteiger partial charge < -0.3 is 10.0 Å². The van der Waals surface area contributed by atoms with Crippen molar-refractivity contribution in [1.29, 1.82) is 0 Å². The minimum atomic E-state index is -0.853. The number of halogens is 1. The lowest BCUT2D eigenvalue weighted by Crippen LogP contribution is -2.19. The van der Waals surface area contributed by atoms with Gasteiger partial charge in [0, 0.05) is 19.5 Å². The largest absolute Gasteiger partial charge is 0.481 e. The fraction of sp³-hybridized carbons (Fsp3) is 0.462. The van der Waals surface area contributed by atoms with Gasteiger partial charge >= 0.3 is 5.97 Å². The third-order valence-corrected chi connectivity index (χ3v) is 3.09. The van der Waals surface area contributed by atoms with Gasteiger partial charge in [0.15, 0.2) is 0 Å². The smallest absolute Gasteiger partial charge is 0.303 e. The summed E-state index contributed by atoms with van der Waals surface area (Å²) in [5, 5.41) is 8.57. The van der Waals surface area contributed by atoms with Crippen LogP contribution in [0.4, 0.5) is 10.1 Å². The fourth-order valence-electron chi connectivity index (χ4n) is 2.17. The molecule has 1 N–H and O–H groups in total. The first-order valence-electron chi connectivity index (χ1n) is 5.92. The number of nitrogens with zero attached hydrogens (tertiary/aromatic N) is 1. The van der Waals surface area contributed by atoms with Crippen LogP contribution in [0.25, 0.3) is 0 Å². The van der Waals surface area contributed by atoms with E-state index in [1.165, 1.54) is 6.07 Å². The quantitative estimate of drug-likeness (QED) is 0.874. The number of benzene rings is 1. The van der Waals surface area contributed by atoms with E-state index in [2.05, 4.69) is 0 Å². The molecule has 0 radical (unpaired) electrons. The third kappa shape index (κ3) is 2.96. The zero-order valence-corrected chi connectivity index (χ0v) is 9.66. The molecule has 0 amide bonds. The van der Waals surface area contributed by atoms with Gasteiger partial charge in [-0.1, -0.05) is 6.07 Å². The molecule has 1 aliphatic heterocycles. The van der Waals surface area contributed by atoms with Crippen LogP contribution in [0.15, 0.2) is 18.2 Å². The van der Waals surface area contributed by atoms with E-state index in [0.29, 0.717) is 12.1 Å². The van der Waals surface area contributed by atoms with Crippen molar-refractivity contribution in [3.63, 3.8) is 0 Å². The number of hydrogen-bond acceptors (Lipinski definition) is 2. The van der Waals surface area contributed by atoms with E-state index in [1.54, 1.807) is 6.07 Å². The molecular weight excluding hydrogens is 221 g/mol. The Kier molecular flexibility index (Phi) is 3.61. The number of hydrogen-bond donors (Lipinski definition) is 1. The molecule has 1 fully saturated rings. The van der Waals surface area contributed by atoms with Crippen LogP contribution >= 0.6 is 0 Å². The molecule has 3 nitrogen and oxygen atoms in total. The molecule has 0 saturated carbocycles. The van der Waals surface area contributed by atoms with Crippen molar-refractivity contribution in [3.8, 4) is 0 Å². The summed E-state index contributed by atoms with van der Waals surface area (Å²) in [6.45, 7) is 1.82. The van der Waals surface area contributed by atoms with Gasteiger partial charge in [0.1, 0.15) is 5.82 Å². The Balaban J connectivity index is 2.08. The Morgan fingerprint density at radius 2 is 2.06 bits per heavy atom. The van der Waals surface area contributed by atoms with Gasteiger partial charge in [-0.25, -0.2) is 4.39 Å². The first-order valence-corrected chi connectivity index (χ1v) is 5.92. The second-order valence-corrected chi connectivity index (χ2v) is 4.37. The van der Waals surface area contributed by atoms with Crippen molar-refractivity contribution in [2.24, 2.45) is 0 Å². The first kappa shape index (κ1) is 11.9. The van der Waals surface area contributed by atoms with E-state index < -0.39 is 5.97 Å². The number of carbonyl (C=O) groups is 1. The van der Waals surface area contributed by atoms with Crippen LogP contribution in [0.1, 0.15) is 24.8 Å². The number of anilines is 1. The van der Waals surface area contributed by atoms with Crippen molar-refractivity contribution in [2.75, 3.05) is 18.0 Å². The third-order valence-electron chi connectivity index (χ3n) is 3.09. The highest BCUT2D eigenvalue weighted by Gasteiger charge is 2.16. The van der Waals surface area contributed by atoms with Gasteiger partial charge in [0.25, 0.3) is 0 Å². The highest BCUT2D eigenvalue weighted by molar-refractivity contribution is 5.67. The summed E-state index contributed by atoms with van der Waals surface area (Å²) in [6.07, 6.45) is 2.65. The van der Waals surface area contributed by atoms with Crippen LogP contribution < -0.4 is 4.90 Å². The summed E-state index contributed by atoms with van der Waals surface area (Å²) < 4.78 is 13.8. The van der Waals surface area contributed by atoms with Crippen LogP contribution in [-0.2, 0) is 11.2 Å². The normalized spacial score (nSPS) is 15.2. The number of carboxylic acid groups (broad SMARTS) is 1. The van der Waals surface area contributed by atoms with Gasteiger partial charge in [0.05, 0.1) is 5.69 Å². The maximum Gasteiger partial charge on any atom is 0.303 e. The van der Waals surface area contributed by atoms with Crippen LogP contribution in [0.5, 0.6) is 0 Å². The molecule has 1 heterocycles. The lowest BCUT2D eigenvalue weighted by molar-refractivity contribution is -0.136. The lowest BCUT2D eigenvalue weighted by atomic mass is 10.1. The van der Waals surface area contributed by atoms with E-state index in [1.807, 2.05) is 11.0 Å². The van der Waals surface area contributed by atoms with Crippen molar-refractivity contribution in [3.05, 3.63) is 29.6 Å². The lowest BCUT2D eigenvalue weighted by Gasteiger charge is -2.18. The van der Waals surface area contributed by atoms with E-state index in [4.69, 9.17) is 5.11 Å². The molecule has 0 unspecified atom stereocenters. The van der Waals surface area contributed by atoms with Crippen molar-refractivity contribution in [2.45, 2.75) is 25.7 Å². The van der Waals surface area contributed by atoms with Gasteiger partial charge in [0.2, 0.25) is 0 Å². The average Bonchev–Trinajstić information content (AvgIpc) is 2.79. The molecule has 0 aromatic heterocycles. The molecular formula is C13H16FNO2. The minimum Gasteiger partial charge on any atom is -0.481 e. The van der Waals surface area contributed by atoms with Crippen molar-refractivity contribution < 1.29 is 14.3 Å². The zero-order chi connectivity index (χ0) is 12.3. The summed E-state index contributed by atoms with van der Waals surface area (Å²) in [5.74, 6) is -1.09. The number of aryl methyl sites for hydroxylation is 1. The van der Waals surface area contributed by atoms with Gasteiger partial charge in [-0.2, -0.15) is 0 Å². The molecule has 0 spiro atoms. The van der Waals surface area contributed by atoms with Crippen LogP contribution in [0.2, 0.25) is 0 Å².